The van der Waals surface area contributed by atoms with Crippen LogP contribution < -0.4 is 0 Å². The van der Waals surface area contributed by atoms with E-state index in [4.69, 9.17) is 9.84 Å². The van der Waals surface area contributed by atoms with Gasteiger partial charge < -0.3 is 19.6 Å². The van der Waals surface area contributed by atoms with Crippen LogP contribution in [0.4, 0.5) is 4.79 Å². The van der Waals surface area contributed by atoms with Gasteiger partial charge in [-0.3, -0.25) is 4.79 Å². The molecule has 0 unspecified atom stereocenters. The van der Waals surface area contributed by atoms with Crippen LogP contribution in [-0.2, 0) is 9.53 Å². The molecule has 2 saturated heterocycles. The van der Waals surface area contributed by atoms with E-state index in [0.29, 0.717) is 17.8 Å². The van der Waals surface area contributed by atoms with Crippen LogP contribution in [0.2, 0.25) is 0 Å². The number of hydrogen-bond acceptors (Lipinski definition) is 4. The van der Waals surface area contributed by atoms with Crippen LogP contribution in [0.15, 0.2) is 0 Å². The molecule has 3 fully saturated rings. The molecule has 0 bridgehead atoms. The zero-order valence-electron chi connectivity index (χ0n) is 15.7. The summed E-state index contributed by atoms with van der Waals surface area (Å²) >= 11 is 0. The highest BCUT2D eigenvalue weighted by atomic mass is 16.6. The molecule has 3 rings (SSSR count). The minimum absolute atomic E-state index is 0.111. The van der Waals surface area contributed by atoms with Crippen LogP contribution in [0, 0.1) is 23.7 Å². The van der Waals surface area contributed by atoms with Gasteiger partial charge in [0, 0.05) is 26.2 Å². The summed E-state index contributed by atoms with van der Waals surface area (Å²) in [5.41, 5.74) is -0.430. The fourth-order valence-corrected chi connectivity index (χ4v) is 4.38. The van der Waals surface area contributed by atoms with Gasteiger partial charge in [-0.2, -0.15) is 0 Å². The Balaban J connectivity index is 1.38. The quantitative estimate of drug-likeness (QED) is 0.842. The Morgan fingerprint density at radius 1 is 1.12 bits per heavy atom. The van der Waals surface area contributed by atoms with Gasteiger partial charge in [0.15, 0.2) is 0 Å². The van der Waals surface area contributed by atoms with E-state index in [9.17, 15) is 9.59 Å². The summed E-state index contributed by atoms with van der Waals surface area (Å²) in [5, 5.41) is 9.00. The van der Waals surface area contributed by atoms with Crippen molar-refractivity contribution in [2.45, 2.75) is 52.1 Å². The maximum absolute atomic E-state index is 12.1. The Morgan fingerprint density at radius 2 is 1.80 bits per heavy atom. The summed E-state index contributed by atoms with van der Waals surface area (Å²) < 4.78 is 5.43. The van der Waals surface area contributed by atoms with Crippen LogP contribution >= 0.6 is 0 Å². The van der Waals surface area contributed by atoms with Gasteiger partial charge in [0.1, 0.15) is 5.60 Å². The number of piperidine rings is 1. The third-order valence-corrected chi connectivity index (χ3v) is 5.87. The van der Waals surface area contributed by atoms with Crippen molar-refractivity contribution in [2.75, 3.05) is 32.7 Å². The molecular weight excluding hydrogens is 320 g/mol. The third kappa shape index (κ3) is 4.66. The summed E-state index contributed by atoms with van der Waals surface area (Å²) in [4.78, 5) is 27.3. The second-order valence-corrected chi connectivity index (χ2v) is 9.18. The van der Waals surface area contributed by atoms with E-state index in [1.165, 1.54) is 12.8 Å². The van der Waals surface area contributed by atoms with E-state index in [2.05, 4.69) is 4.90 Å². The van der Waals surface area contributed by atoms with Gasteiger partial charge in [-0.25, -0.2) is 4.79 Å². The molecule has 6 nitrogen and oxygen atoms in total. The summed E-state index contributed by atoms with van der Waals surface area (Å²) in [6.45, 7) is 10.6. The minimum Gasteiger partial charge on any atom is -0.481 e. The average molecular weight is 352 g/mol. The molecule has 2 aliphatic heterocycles. The van der Waals surface area contributed by atoms with Gasteiger partial charge in [-0.05, 0) is 70.8 Å². The normalized spacial score (nSPS) is 31.2. The Kier molecular flexibility index (Phi) is 5.28. The van der Waals surface area contributed by atoms with Crippen LogP contribution in [-0.4, -0.2) is 65.3 Å². The van der Waals surface area contributed by atoms with E-state index in [-0.39, 0.29) is 12.0 Å². The first kappa shape index (κ1) is 18.5. The molecule has 1 N–H and O–H groups in total. The lowest BCUT2D eigenvalue weighted by atomic mass is 9.74. The predicted molar refractivity (Wildman–Crippen MR) is 94.3 cm³/mol. The Morgan fingerprint density at radius 3 is 2.40 bits per heavy atom. The van der Waals surface area contributed by atoms with Gasteiger partial charge in [0.05, 0.1) is 5.92 Å². The number of carboxylic acids is 1. The molecule has 1 atom stereocenters. The second-order valence-electron chi connectivity index (χ2n) is 9.18. The minimum atomic E-state index is -0.635. The molecule has 0 aromatic heterocycles. The smallest absolute Gasteiger partial charge is 0.410 e. The number of carbonyl (C=O) groups is 2. The van der Waals surface area contributed by atoms with Gasteiger partial charge in [0.25, 0.3) is 0 Å². The molecule has 0 aromatic rings. The molecule has 0 aromatic carbocycles. The zero-order valence-corrected chi connectivity index (χ0v) is 15.7. The topological polar surface area (TPSA) is 70.1 Å². The monoisotopic (exact) mass is 352 g/mol. The highest BCUT2D eigenvalue weighted by molar-refractivity contribution is 5.71. The number of carbonyl (C=O) groups excluding carboxylic acids is 1. The molecular formula is C19H32N2O4. The number of rotatable bonds is 4. The van der Waals surface area contributed by atoms with Gasteiger partial charge in [-0.1, -0.05) is 0 Å². The molecule has 0 radical (unpaired) electrons. The Bertz CT molecular complexity index is 504. The van der Waals surface area contributed by atoms with Crippen LogP contribution in [0.3, 0.4) is 0 Å². The van der Waals surface area contributed by atoms with Crippen molar-refractivity contribution in [1.82, 2.24) is 9.80 Å². The maximum Gasteiger partial charge on any atom is 0.410 e. The molecule has 1 amide bonds. The Labute approximate surface area is 150 Å². The number of amides is 1. The molecule has 2 heterocycles. The fourth-order valence-electron chi connectivity index (χ4n) is 4.38. The van der Waals surface area contributed by atoms with Crippen molar-refractivity contribution < 1.29 is 19.4 Å². The summed E-state index contributed by atoms with van der Waals surface area (Å²) in [6, 6.07) is 0. The van der Waals surface area contributed by atoms with E-state index in [0.717, 1.165) is 45.6 Å². The van der Waals surface area contributed by atoms with E-state index < -0.39 is 11.6 Å². The second kappa shape index (κ2) is 7.14. The highest BCUT2D eigenvalue weighted by Crippen LogP contribution is 2.37. The largest absolute Gasteiger partial charge is 0.481 e. The summed E-state index contributed by atoms with van der Waals surface area (Å²) in [5.74, 6) is 1.05. The first-order valence-electron chi connectivity index (χ1n) is 9.64. The molecule has 1 aliphatic carbocycles. The van der Waals surface area contributed by atoms with E-state index >= 15 is 0 Å². The van der Waals surface area contributed by atoms with Crippen LogP contribution in [0.5, 0.6) is 0 Å². The molecule has 6 heteroatoms. The van der Waals surface area contributed by atoms with Crippen LogP contribution in [0.1, 0.15) is 46.5 Å². The molecule has 3 aliphatic rings. The first-order chi connectivity index (χ1) is 11.7. The van der Waals surface area contributed by atoms with Gasteiger partial charge in [-0.15, -0.1) is 0 Å². The van der Waals surface area contributed by atoms with Gasteiger partial charge >= 0.3 is 12.1 Å². The van der Waals surface area contributed by atoms with Crippen molar-refractivity contribution in [3.8, 4) is 0 Å². The fraction of sp³-hybridized carbons (Fsp3) is 0.895. The molecule has 25 heavy (non-hydrogen) atoms. The standard InChI is InChI=1S/C19H32N2O4/c1-19(2,3)25-18(24)21-11-16(12-21)14-5-4-6-20(10-14)9-13-7-15(8-13)17(22)23/h13-16H,4-12H2,1-3H3,(H,22,23)/t13-,14-,15-/m0/s1. The predicted octanol–water partition coefficient (Wildman–Crippen LogP) is 2.68. The summed E-state index contributed by atoms with van der Waals surface area (Å²) in [6.07, 6.45) is 3.94. The number of aliphatic carboxylic acids is 1. The van der Waals surface area contributed by atoms with E-state index in [1.54, 1.807) is 0 Å². The lowest BCUT2D eigenvalue weighted by Crippen LogP contribution is -2.56. The average Bonchev–Trinajstić information content (AvgIpc) is 2.38. The molecule has 142 valence electrons. The number of ether oxygens (including phenoxy) is 1. The number of likely N-dealkylation sites (tertiary alicyclic amines) is 2. The van der Waals surface area contributed by atoms with Gasteiger partial charge in [0.2, 0.25) is 0 Å². The molecule has 1 saturated carbocycles. The third-order valence-electron chi connectivity index (χ3n) is 5.87. The van der Waals surface area contributed by atoms with E-state index in [1.807, 2.05) is 25.7 Å². The van der Waals surface area contributed by atoms with Crippen molar-refractivity contribution in [3.05, 3.63) is 0 Å². The summed E-state index contributed by atoms with van der Waals surface area (Å²) in [7, 11) is 0. The van der Waals surface area contributed by atoms with Crippen LogP contribution in [0.25, 0.3) is 0 Å². The number of hydrogen-bond donors (Lipinski definition) is 1. The van der Waals surface area contributed by atoms with Crippen molar-refractivity contribution in [2.24, 2.45) is 23.7 Å². The zero-order chi connectivity index (χ0) is 18.2. The Hall–Kier alpha value is -1.30. The lowest BCUT2D eigenvalue weighted by molar-refractivity contribution is -0.146. The highest BCUT2D eigenvalue weighted by Gasteiger charge is 2.41. The maximum atomic E-state index is 12.1. The molecule has 0 spiro atoms. The number of nitrogens with zero attached hydrogens (tertiary/aromatic N) is 2. The van der Waals surface area contributed by atoms with Crippen molar-refractivity contribution >= 4 is 12.1 Å². The SMILES string of the molecule is CC(C)(C)OC(=O)N1CC([C@H]2CCCN(C[C@H]3C[C@H](C(=O)O)C3)C2)C1. The van der Waals surface area contributed by atoms with Crippen molar-refractivity contribution in [1.29, 1.82) is 0 Å². The van der Waals surface area contributed by atoms with Crippen molar-refractivity contribution in [3.63, 3.8) is 0 Å². The number of carboxylic acid groups (broad SMARTS) is 1. The first-order valence-corrected chi connectivity index (χ1v) is 9.64. The lowest BCUT2D eigenvalue weighted by Gasteiger charge is -2.47.